The molecule has 104 valence electrons. The number of hydrogen-bond acceptors (Lipinski definition) is 2. The lowest BCUT2D eigenvalue weighted by atomic mass is 9.85. The minimum absolute atomic E-state index is 0.258. The minimum Gasteiger partial charge on any atom is -0.372 e. The van der Waals surface area contributed by atoms with E-state index in [9.17, 15) is 4.79 Å². The first-order valence-corrected chi connectivity index (χ1v) is 7.39. The minimum atomic E-state index is 0.258. The highest BCUT2D eigenvalue weighted by molar-refractivity contribution is 5.79. The molecule has 1 saturated carbocycles. The van der Waals surface area contributed by atoms with Crippen molar-refractivity contribution in [2.75, 3.05) is 24.5 Å². The summed E-state index contributed by atoms with van der Waals surface area (Å²) in [6.07, 6.45) is 4.38. The summed E-state index contributed by atoms with van der Waals surface area (Å²) < 4.78 is 0. The van der Waals surface area contributed by atoms with Gasteiger partial charge >= 0.3 is 0 Å². The van der Waals surface area contributed by atoms with Gasteiger partial charge in [-0.2, -0.15) is 0 Å². The van der Waals surface area contributed by atoms with Crippen molar-refractivity contribution in [2.45, 2.75) is 32.6 Å². The predicted octanol–water partition coefficient (Wildman–Crippen LogP) is 2.82. The van der Waals surface area contributed by atoms with Crippen LogP contribution >= 0.6 is 0 Å². The van der Waals surface area contributed by atoms with Crippen LogP contribution in [0.5, 0.6) is 0 Å². The van der Waals surface area contributed by atoms with E-state index in [1.54, 1.807) is 0 Å². The maximum absolute atomic E-state index is 11.7. The summed E-state index contributed by atoms with van der Waals surface area (Å²) in [6, 6.07) is 10.4. The Balaban J connectivity index is 1.67. The molecule has 0 saturated heterocycles. The lowest BCUT2D eigenvalue weighted by molar-refractivity contribution is -0.127. The van der Waals surface area contributed by atoms with Crippen LogP contribution in [-0.4, -0.2) is 25.5 Å². The van der Waals surface area contributed by atoms with Gasteiger partial charge in [-0.05, 0) is 38.3 Å². The van der Waals surface area contributed by atoms with Gasteiger partial charge in [-0.25, -0.2) is 0 Å². The third kappa shape index (κ3) is 3.98. The van der Waals surface area contributed by atoms with Crippen molar-refractivity contribution in [3.05, 3.63) is 30.3 Å². The van der Waals surface area contributed by atoms with Crippen LogP contribution in [0.1, 0.15) is 32.6 Å². The SMILES string of the molecule is CCN(CCCNC(=O)C1CCC1)c1ccccc1. The van der Waals surface area contributed by atoms with Gasteiger partial charge in [-0.1, -0.05) is 24.6 Å². The molecule has 3 nitrogen and oxygen atoms in total. The average Bonchev–Trinajstić information content (AvgIpc) is 2.38. The van der Waals surface area contributed by atoms with Crippen molar-refractivity contribution in [3.8, 4) is 0 Å². The number of benzene rings is 1. The molecule has 2 rings (SSSR count). The Morgan fingerprint density at radius 3 is 2.63 bits per heavy atom. The van der Waals surface area contributed by atoms with Crippen molar-refractivity contribution in [1.29, 1.82) is 0 Å². The standard InChI is InChI=1S/C16H24N2O/c1-2-18(15-10-4-3-5-11-15)13-7-12-17-16(19)14-8-6-9-14/h3-5,10-11,14H,2,6-9,12-13H2,1H3,(H,17,19). The highest BCUT2D eigenvalue weighted by Crippen LogP contribution is 2.26. The second-order valence-corrected chi connectivity index (χ2v) is 5.19. The molecule has 1 aromatic carbocycles. The van der Waals surface area contributed by atoms with Gasteiger partial charge in [0.25, 0.3) is 0 Å². The van der Waals surface area contributed by atoms with Gasteiger partial charge < -0.3 is 10.2 Å². The number of anilines is 1. The Kier molecular flexibility index (Phi) is 5.25. The summed E-state index contributed by atoms with van der Waals surface area (Å²) in [6.45, 7) is 4.95. The molecule has 1 aromatic rings. The van der Waals surface area contributed by atoms with Crippen LogP contribution in [0.3, 0.4) is 0 Å². The number of carbonyl (C=O) groups is 1. The van der Waals surface area contributed by atoms with Crippen LogP contribution in [-0.2, 0) is 4.79 Å². The largest absolute Gasteiger partial charge is 0.372 e. The normalized spacial score (nSPS) is 14.8. The van der Waals surface area contributed by atoms with Gasteiger partial charge in [0, 0.05) is 31.2 Å². The molecule has 0 aliphatic heterocycles. The Labute approximate surface area is 116 Å². The third-order valence-electron chi connectivity index (χ3n) is 3.88. The number of carbonyl (C=O) groups excluding carboxylic acids is 1. The number of rotatable bonds is 7. The van der Waals surface area contributed by atoms with E-state index < -0.39 is 0 Å². The molecule has 1 amide bonds. The fraction of sp³-hybridized carbons (Fsp3) is 0.562. The molecule has 1 aliphatic carbocycles. The van der Waals surface area contributed by atoms with Crippen LogP contribution in [0.25, 0.3) is 0 Å². The summed E-state index contributed by atoms with van der Waals surface area (Å²) in [5, 5.41) is 3.05. The molecule has 0 heterocycles. The molecule has 0 bridgehead atoms. The molecule has 0 aromatic heterocycles. The zero-order chi connectivity index (χ0) is 13.5. The Bertz CT molecular complexity index is 387. The van der Waals surface area contributed by atoms with Crippen molar-refractivity contribution < 1.29 is 4.79 Å². The second kappa shape index (κ2) is 7.17. The summed E-state index contributed by atoms with van der Waals surface area (Å²) in [5.74, 6) is 0.561. The molecule has 1 aliphatic rings. The maximum Gasteiger partial charge on any atom is 0.223 e. The van der Waals surface area contributed by atoms with E-state index in [-0.39, 0.29) is 5.91 Å². The summed E-state index contributed by atoms with van der Waals surface area (Å²) in [4.78, 5) is 14.0. The van der Waals surface area contributed by atoms with Crippen molar-refractivity contribution in [3.63, 3.8) is 0 Å². The van der Waals surface area contributed by atoms with Crippen molar-refractivity contribution >= 4 is 11.6 Å². The molecular weight excluding hydrogens is 236 g/mol. The van der Waals surface area contributed by atoms with E-state index in [4.69, 9.17) is 0 Å². The Morgan fingerprint density at radius 2 is 2.05 bits per heavy atom. The number of nitrogens with one attached hydrogen (secondary N) is 1. The van der Waals surface area contributed by atoms with Gasteiger partial charge in [0.1, 0.15) is 0 Å². The second-order valence-electron chi connectivity index (χ2n) is 5.19. The fourth-order valence-electron chi connectivity index (χ4n) is 2.40. The quantitative estimate of drug-likeness (QED) is 0.765. The summed E-state index contributed by atoms with van der Waals surface area (Å²) in [5.41, 5.74) is 1.26. The molecule has 1 N–H and O–H groups in total. The molecule has 0 radical (unpaired) electrons. The number of hydrogen-bond donors (Lipinski definition) is 1. The third-order valence-corrected chi connectivity index (χ3v) is 3.88. The fourth-order valence-corrected chi connectivity index (χ4v) is 2.40. The van der Waals surface area contributed by atoms with Gasteiger partial charge in [0.15, 0.2) is 0 Å². The van der Waals surface area contributed by atoms with Crippen molar-refractivity contribution in [2.24, 2.45) is 5.92 Å². The van der Waals surface area contributed by atoms with E-state index in [0.717, 1.165) is 38.9 Å². The zero-order valence-corrected chi connectivity index (χ0v) is 11.8. The lowest BCUT2D eigenvalue weighted by Crippen LogP contribution is -2.36. The Hall–Kier alpha value is -1.51. The first-order valence-electron chi connectivity index (χ1n) is 7.39. The van der Waals surface area contributed by atoms with Crippen LogP contribution < -0.4 is 10.2 Å². The van der Waals surface area contributed by atoms with Gasteiger partial charge in [0.2, 0.25) is 5.91 Å². The van der Waals surface area contributed by atoms with E-state index in [1.165, 1.54) is 12.1 Å². The topological polar surface area (TPSA) is 32.3 Å². The first kappa shape index (κ1) is 13.9. The number of para-hydroxylation sites is 1. The predicted molar refractivity (Wildman–Crippen MR) is 79.3 cm³/mol. The average molecular weight is 260 g/mol. The van der Waals surface area contributed by atoms with Gasteiger partial charge in [-0.15, -0.1) is 0 Å². The molecule has 0 spiro atoms. The molecule has 19 heavy (non-hydrogen) atoms. The van der Waals surface area contributed by atoms with Crippen LogP contribution in [0.15, 0.2) is 30.3 Å². The van der Waals surface area contributed by atoms with E-state index in [0.29, 0.717) is 5.92 Å². The van der Waals surface area contributed by atoms with Gasteiger partial charge in [-0.3, -0.25) is 4.79 Å². The summed E-state index contributed by atoms with van der Waals surface area (Å²) in [7, 11) is 0. The molecule has 0 unspecified atom stereocenters. The van der Waals surface area contributed by atoms with E-state index in [1.807, 2.05) is 6.07 Å². The number of amides is 1. The Morgan fingerprint density at radius 1 is 1.32 bits per heavy atom. The maximum atomic E-state index is 11.7. The highest BCUT2D eigenvalue weighted by atomic mass is 16.1. The molecular formula is C16H24N2O. The van der Waals surface area contributed by atoms with E-state index >= 15 is 0 Å². The van der Waals surface area contributed by atoms with Crippen LogP contribution in [0, 0.1) is 5.92 Å². The first-order chi connectivity index (χ1) is 9.31. The van der Waals surface area contributed by atoms with E-state index in [2.05, 4.69) is 41.4 Å². The monoisotopic (exact) mass is 260 g/mol. The molecule has 1 fully saturated rings. The summed E-state index contributed by atoms with van der Waals surface area (Å²) >= 11 is 0. The lowest BCUT2D eigenvalue weighted by Gasteiger charge is -2.25. The van der Waals surface area contributed by atoms with Crippen molar-refractivity contribution in [1.82, 2.24) is 5.32 Å². The zero-order valence-electron chi connectivity index (χ0n) is 11.8. The van der Waals surface area contributed by atoms with Crippen LogP contribution in [0.4, 0.5) is 5.69 Å². The van der Waals surface area contributed by atoms with Crippen LogP contribution in [0.2, 0.25) is 0 Å². The molecule has 0 atom stereocenters. The highest BCUT2D eigenvalue weighted by Gasteiger charge is 2.24. The number of nitrogens with zero attached hydrogens (tertiary/aromatic N) is 1. The smallest absolute Gasteiger partial charge is 0.223 e. The molecule has 3 heteroatoms. The van der Waals surface area contributed by atoms with Gasteiger partial charge in [0.05, 0.1) is 0 Å².